The number of pyridine rings is 1. The van der Waals surface area contributed by atoms with Crippen molar-refractivity contribution in [1.82, 2.24) is 24.4 Å². The molecule has 0 radical (unpaired) electrons. The number of anilines is 1. The summed E-state index contributed by atoms with van der Waals surface area (Å²) in [6, 6.07) is 5.30. The van der Waals surface area contributed by atoms with Crippen molar-refractivity contribution in [2.75, 3.05) is 4.72 Å². The molecule has 0 spiro atoms. The standard InChI is InChI=1S/C10H10N6O2S/c1-15-7-8(6-11-15)19(17,18)14-10-12-9-4-2-3-5-16(9)13-10/h2-7H,1H3,(H,13,14). The second-order valence-corrected chi connectivity index (χ2v) is 5.58. The molecule has 3 heterocycles. The van der Waals surface area contributed by atoms with Gasteiger partial charge in [0.1, 0.15) is 4.90 Å². The van der Waals surface area contributed by atoms with Gasteiger partial charge in [-0.1, -0.05) is 6.07 Å². The van der Waals surface area contributed by atoms with E-state index in [4.69, 9.17) is 0 Å². The number of hydrogen-bond donors (Lipinski definition) is 1. The molecule has 0 amide bonds. The summed E-state index contributed by atoms with van der Waals surface area (Å²) in [7, 11) is -2.07. The molecule has 19 heavy (non-hydrogen) atoms. The van der Waals surface area contributed by atoms with Gasteiger partial charge in [0.05, 0.1) is 6.20 Å². The third kappa shape index (κ3) is 2.15. The van der Waals surface area contributed by atoms with Crippen molar-refractivity contribution >= 4 is 21.6 Å². The van der Waals surface area contributed by atoms with Gasteiger partial charge in [0.15, 0.2) is 5.65 Å². The number of aromatic nitrogens is 5. The van der Waals surface area contributed by atoms with Gasteiger partial charge in [0, 0.05) is 19.4 Å². The zero-order chi connectivity index (χ0) is 13.5. The van der Waals surface area contributed by atoms with Gasteiger partial charge in [0.2, 0.25) is 0 Å². The molecule has 3 rings (SSSR count). The molecule has 1 N–H and O–H groups in total. The maximum Gasteiger partial charge on any atom is 0.267 e. The lowest BCUT2D eigenvalue weighted by molar-refractivity contribution is 0.600. The van der Waals surface area contributed by atoms with Gasteiger partial charge in [-0.2, -0.15) is 10.1 Å². The highest BCUT2D eigenvalue weighted by molar-refractivity contribution is 7.92. The molecule has 3 aromatic rings. The first kappa shape index (κ1) is 11.7. The number of nitrogens with zero attached hydrogens (tertiary/aromatic N) is 5. The van der Waals surface area contributed by atoms with Crippen molar-refractivity contribution in [1.29, 1.82) is 0 Å². The number of rotatable bonds is 3. The van der Waals surface area contributed by atoms with E-state index in [0.717, 1.165) is 0 Å². The minimum Gasteiger partial charge on any atom is -0.274 e. The van der Waals surface area contributed by atoms with Crippen molar-refractivity contribution in [2.24, 2.45) is 7.05 Å². The van der Waals surface area contributed by atoms with E-state index < -0.39 is 10.0 Å². The predicted octanol–water partition coefficient (Wildman–Crippen LogP) is 0.264. The van der Waals surface area contributed by atoms with E-state index in [0.29, 0.717) is 5.65 Å². The van der Waals surface area contributed by atoms with E-state index in [-0.39, 0.29) is 10.8 Å². The Labute approximate surface area is 108 Å². The van der Waals surface area contributed by atoms with Crippen LogP contribution in [0.3, 0.4) is 0 Å². The minimum absolute atomic E-state index is 0.0232. The third-order valence-corrected chi connectivity index (χ3v) is 3.74. The molecule has 0 atom stereocenters. The fourth-order valence-electron chi connectivity index (χ4n) is 1.59. The van der Waals surface area contributed by atoms with Gasteiger partial charge < -0.3 is 0 Å². The molecule has 0 bridgehead atoms. The van der Waals surface area contributed by atoms with Gasteiger partial charge in [-0.25, -0.2) is 17.7 Å². The van der Waals surface area contributed by atoms with E-state index in [1.165, 1.54) is 21.6 Å². The van der Waals surface area contributed by atoms with Crippen LogP contribution >= 0.6 is 0 Å². The molecule has 0 aliphatic rings. The molecule has 0 aromatic carbocycles. The molecule has 8 nitrogen and oxygen atoms in total. The highest BCUT2D eigenvalue weighted by atomic mass is 32.2. The van der Waals surface area contributed by atoms with Gasteiger partial charge in [-0.05, 0) is 12.1 Å². The Kier molecular flexibility index (Phi) is 2.49. The van der Waals surface area contributed by atoms with Crippen LogP contribution in [-0.2, 0) is 17.1 Å². The quantitative estimate of drug-likeness (QED) is 0.741. The van der Waals surface area contributed by atoms with E-state index in [1.807, 2.05) is 0 Å². The number of sulfonamides is 1. The minimum atomic E-state index is -3.71. The molecule has 0 saturated carbocycles. The van der Waals surface area contributed by atoms with Crippen LogP contribution in [-0.4, -0.2) is 32.8 Å². The Morgan fingerprint density at radius 3 is 2.84 bits per heavy atom. The van der Waals surface area contributed by atoms with E-state index in [9.17, 15) is 8.42 Å². The summed E-state index contributed by atoms with van der Waals surface area (Å²) in [6.45, 7) is 0. The number of aryl methyl sites for hydroxylation is 1. The van der Waals surface area contributed by atoms with Crippen LogP contribution in [0.2, 0.25) is 0 Å². The maximum atomic E-state index is 12.0. The predicted molar refractivity (Wildman–Crippen MR) is 67.0 cm³/mol. The van der Waals surface area contributed by atoms with Gasteiger partial charge in [0.25, 0.3) is 16.0 Å². The summed E-state index contributed by atoms with van der Waals surface area (Å²) in [4.78, 5) is 4.13. The Hall–Kier alpha value is -2.42. The number of fused-ring (bicyclic) bond motifs is 1. The second kappa shape index (κ2) is 4.05. The van der Waals surface area contributed by atoms with Crippen LogP contribution in [0.15, 0.2) is 41.7 Å². The van der Waals surface area contributed by atoms with Crippen LogP contribution in [0.1, 0.15) is 0 Å². The molecule has 3 aromatic heterocycles. The molecule has 0 aliphatic carbocycles. The van der Waals surface area contributed by atoms with E-state index in [2.05, 4.69) is 19.9 Å². The van der Waals surface area contributed by atoms with Crippen molar-refractivity contribution in [3.63, 3.8) is 0 Å². The second-order valence-electron chi connectivity index (χ2n) is 3.89. The van der Waals surface area contributed by atoms with Crippen molar-refractivity contribution in [3.8, 4) is 0 Å². The average molecular weight is 278 g/mol. The smallest absolute Gasteiger partial charge is 0.267 e. The molecule has 0 fully saturated rings. The van der Waals surface area contributed by atoms with Crippen molar-refractivity contribution < 1.29 is 8.42 Å². The zero-order valence-electron chi connectivity index (χ0n) is 9.92. The van der Waals surface area contributed by atoms with Gasteiger partial charge >= 0.3 is 0 Å². The van der Waals surface area contributed by atoms with Crippen LogP contribution < -0.4 is 4.72 Å². The first-order valence-electron chi connectivity index (χ1n) is 5.37. The SMILES string of the molecule is Cn1cc(S(=O)(=O)Nc2nc3ccccn3n2)cn1. The lowest BCUT2D eigenvalue weighted by Crippen LogP contribution is -2.13. The molecule has 0 aliphatic heterocycles. The van der Waals surface area contributed by atoms with Crippen molar-refractivity contribution in [3.05, 3.63) is 36.8 Å². The lowest BCUT2D eigenvalue weighted by Gasteiger charge is -2.00. The van der Waals surface area contributed by atoms with Crippen LogP contribution in [0, 0.1) is 0 Å². The highest BCUT2D eigenvalue weighted by Crippen LogP contribution is 2.12. The topological polar surface area (TPSA) is 94.2 Å². The van der Waals surface area contributed by atoms with Gasteiger partial charge in [-0.15, -0.1) is 5.10 Å². The van der Waals surface area contributed by atoms with Gasteiger partial charge in [-0.3, -0.25) is 4.68 Å². The van der Waals surface area contributed by atoms with Crippen LogP contribution in [0.4, 0.5) is 5.95 Å². The fourth-order valence-corrected chi connectivity index (χ4v) is 2.51. The van der Waals surface area contributed by atoms with Crippen LogP contribution in [0.25, 0.3) is 5.65 Å². The first-order chi connectivity index (χ1) is 9.04. The van der Waals surface area contributed by atoms with E-state index >= 15 is 0 Å². The monoisotopic (exact) mass is 278 g/mol. The summed E-state index contributed by atoms with van der Waals surface area (Å²) in [5, 5.41) is 7.84. The fraction of sp³-hybridized carbons (Fsp3) is 0.100. The highest BCUT2D eigenvalue weighted by Gasteiger charge is 2.18. The summed E-state index contributed by atoms with van der Waals surface area (Å²) in [6.07, 6.45) is 4.35. The maximum absolute atomic E-state index is 12.0. The number of nitrogens with one attached hydrogen (secondary N) is 1. The Balaban J connectivity index is 1.96. The molecule has 0 saturated heterocycles. The Morgan fingerprint density at radius 1 is 1.32 bits per heavy atom. The lowest BCUT2D eigenvalue weighted by atomic mass is 10.5. The first-order valence-corrected chi connectivity index (χ1v) is 6.86. The third-order valence-electron chi connectivity index (χ3n) is 2.46. The van der Waals surface area contributed by atoms with Crippen molar-refractivity contribution in [2.45, 2.75) is 4.90 Å². The molecule has 9 heteroatoms. The van der Waals surface area contributed by atoms with Crippen LogP contribution in [0.5, 0.6) is 0 Å². The van der Waals surface area contributed by atoms with E-state index in [1.54, 1.807) is 31.4 Å². The molecule has 98 valence electrons. The summed E-state index contributed by atoms with van der Waals surface area (Å²) >= 11 is 0. The average Bonchev–Trinajstić information content (AvgIpc) is 2.94. The summed E-state index contributed by atoms with van der Waals surface area (Å²) in [5.41, 5.74) is 0.561. The molecular formula is C10H10N6O2S. The zero-order valence-corrected chi connectivity index (χ0v) is 10.7. The Bertz CT molecular complexity index is 801. The normalized spacial score (nSPS) is 11.8. The molecular weight excluding hydrogens is 268 g/mol. The summed E-state index contributed by atoms with van der Waals surface area (Å²) in [5.74, 6) is 0.0232. The number of hydrogen-bond acceptors (Lipinski definition) is 5. The largest absolute Gasteiger partial charge is 0.274 e. The molecule has 0 unspecified atom stereocenters. The summed E-state index contributed by atoms with van der Waals surface area (Å²) < 4.78 is 29.3. The Morgan fingerprint density at radius 2 is 2.16 bits per heavy atom.